The largest absolute Gasteiger partial charge is 0.481 e. The van der Waals surface area contributed by atoms with Gasteiger partial charge in [0.1, 0.15) is 6.61 Å². The maximum atomic E-state index is 12.5. The van der Waals surface area contributed by atoms with Crippen molar-refractivity contribution in [3.05, 3.63) is 59.7 Å². The van der Waals surface area contributed by atoms with Crippen LogP contribution in [0, 0.1) is 11.8 Å². The molecule has 0 aromatic heterocycles. The Morgan fingerprint density at radius 1 is 1.00 bits per heavy atom. The maximum absolute atomic E-state index is 12.5. The Morgan fingerprint density at radius 3 is 2.09 bits per heavy atom. The number of hydrogen-bond donors (Lipinski definition) is 3. The van der Waals surface area contributed by atoms with E-state index in [0.717, 1.165) is 11.1 Å². The number of aliphatic carboxylic acids is 1. The van der Waals surface area contributed by atoms with Crippen molar-refractivity contribution >= 4 is 18.0 Å². The molecule has 1 unspecified atom stereocenters. The summed E-state index contributed by atoms with van der Waals surface area (Å²) in [7, 11) is 0. The SMILES string of the molecule is CC(C)C(CNC(=O)OCC1c2ccccc2-c2ccccc21)CC(=O)NC(C)(C)CC(=O)O. The highest BCUT2D eigenvalue weighted by Gasteiger charge is 2.29. The maximum Gasteiger partial charge on any atom is 0.407 e. The molecule has 0 heterocycles. The van der Waals surface area contributed by atoms with Gasteiger partial charge in [-0.25, -0.2) is 4.79 Å². The molecule has 0 aliphatic heterocycles. The van der Waals surface area contributed by atoms with Crippen LogP contribution in [0.15, 0.2) is 48.5 Å². The normalized spacial score (nSPS) is 13.7. The first-order valence-corrected chi connectivity index (χ1v) is 11.7. The number of fused-ring (bicyclic) bond motifs is 3. The predicted molar refractivity (Wildman–Crippen MR) is 130 cm³/mol. The average Bonchev–Trinajstić information content (AvgIpc) is 3.07. The molecule has 0 spiro atoms. The number of carbonyl (C=O) groups is 3. The molecule has 2 aromatic carbocycles. The first-order chi connectivity index (χ1) is 16.1. The van der Waals surface area contributed by atoms with Gasteiger partial charge in [-0.05, 0) is 47.9 Å². The molecule has 0 bridgehead atoms. The molecule has 34 heavy (non-hydrogen) atoms. The predicted octanol–water partition coefficient (Wildman–Crippen LogP) is 4.56. The van der Waals surface area contributed by atoms with Gasteiger partial charge in [0.25, 0.3) is 0 Å². The van der Waals surface area contributed by atoms with E-state index in [1.165, 1.54) is 11.1 Å². The van der Waals surface area contributed by atoms with Gasteiger partial charge in [-0.3, -0.25) is 9.59 Å². The van der Waals surface area contributed by atoms with Crippen molar-refractivity contribution in [3.63, 3.8) is 0 Å². The van der Waals surface area contributed by atoms with Gasteiger partial charge in [-0.2, -0.15) is 0 Å². The molecule has 1 aliphatic carbocycles. The number of amides is 2. The van der Waals surface area contributed by atoms with Gasteiger partial charge < -0.3 is 20.5 Å². The first-order valence-electron chi connectivity index (χ1n) is 11.7. The van der Waals surface area contributed by atoms with Gasteiger partial charge in [-0.1, -0.05) is 62.4 Å². The number of benzene rings is 2. The molecule has 3 N–H and O–H groups in total. The molecule has 2 aromatic rings. The first kappa shape index (κ1) is 25.3. The second-order valence-electron chi connectivity index (χ2n) is 9.92. The molecule has 182 valence electrons. The van der Waals surface area contributed by atoms with Gasteiger partial charge in [0.05, 0.1) is 6.42 Å². The van der Waals surface area contributed by atoms with E-state index in [9.17, 15) is 14.4 Å². The van der Waals surface area contributed by atoms with Crippen molar-refractivity contribution in [2.24, 2.45) is 11.8 Å². The Morgan fingerprint density at radius 2 is 1.56 bits per heavy atom. The lowest BCUT2D eigenvalue weighted by Crippen LogP contribution is -2.46. The van der Waals surface area contributed by atoms with E-state index in [1.807, 2.05) is 38.1 Å². The van der Waals surface area contributed by atoms with Gasteiger partial charge in [0.15, 0.2) is 0 Å². The Hall–Kier alpha value is -3.35. The molecule has 0 saturated carbocycles. The number of carboxylic acid groups (broad SMARTS) is 1. The minimum absolute atomic E-state index is 0.0127. The lowest BCUT2D eigenvalue weighted by Gasteiger charge is -2.27. The van der Waals surface area contributed by atoms with E-state index in [2.05, 4.69) is 34.9 Å². The molecule has 0 radical (unpaired) electrons. The van der Waals surface area contributed by atoms with Crippen LogP contribution in [0.2, 0.25) is 0 Å². The molecule has 0 saturated heterocycles. The minimum Gasteiger partial charge on any atom is -0.481 e. The fraction of sp³-hybridized carbons (Fsp3) is 0.444. The number of carbonyl (C=O) groups excluding carboxylic acids is 2. The van der Waals surface area contributed by atoms with E-state index < -0.39 is 17.6 Å². The summed E-state index contributed by atoms with van der Waals surface area (Å²) >= 11 is 0. The Kier molecular flexibility index (Phi) is 7.97. The second kappa shape index (κ2) is 10.7. The summed E-state index contributed by atoms with van der Waals surface area (Å²) in [5.41, 5.74) is 3.80. The summed E-state index contributed by atoms with van der Waals surface area (Å²) in [6, 6.07) is 16.3. The van der Waals surface area contributed by atoms with Crippen molar-refractivity contribution in [2.45, 2.75) is 52.0 Å². The molecular weight excluding hydrogens is 432 g/mol. The highest BCUT2D eigenvalue weighted by molar-refractivity contribution is 5.79. The van der Waals surface area contributed by atoms with Crippen LogP contribution in [0.3, 0.4) is 0 Å². The smallest absolute Gasteiger partial charge is 0.407 e. The van der Waals surface area contributed by atoms with E-state index in [-0.39, 0.29) is 43.1 Å². The zero-order valence-corrected chi connectivity index (χ0v) is 20.3. The fourth-order valence-electron chi connectivity index (χ4n) is 4.50. The van der Waals surface area contributed by atoms with Crippen LogP contribution < -0.4 is 10.6 Å². The number of alkyl carbamates (subject to hydrolysis) is 1. The van der Waals surface area contributed by atoms with Crippen molar-refractivity contribution in [3.8, 4) is 11.1 Å². The highest BCUT2D eigenvalue weighted by atomic mass is 16.5. The molecule has 7 nitrogen and oxygen atoms in total. The topological polar surface area (TPSA) is 105 Å². The molecule has 1 aliphatic rings. The summed E-state index contributed by atoms with van der Waals surface area (Å²) in [6.45, 7) is 7.85. The van der Waals surface area contributed by atoms with Gasteiger partial charge in [0, 0.05) is 24.4 Å². The van der Waals surface area contributed by atoms with Crippen molar-refractivity contribution in [2.75, 3.05) is 13.2 Å². The Bertz CT molecular complexity index is 1000. The third-order valence-corrected chi connectivity index (χ3v) is 6.31. The van der Waals surface area contributed by atoms with E-state index >= 15 is 0 Å². The summed E-state index contributed by atoms with van der Waals surface area (Å²) in [6.07, 6.45) is -0.493. The average molecular weight is 467 g/mol. The van der Waals surface area contributed by atoms with Gasteiger partial charge >= 0.3 is 12.1 Å². The van der Waals surface area contributed by atoms with Gasteiger partial charge in [0.2, 0.25) is 5.91 Å². The van der Waals surface area contributed by atoms with Crippen LogP contribution in [0.25, 0.3) is 11.1 Å². The van der Waals surface area contributed by atoms with Crippen molar-refractivity contribution in [1.29, 1.82) is 0 Å². The lowest BCUT2D eigenvalue weighted by atomic mass is 9.91. The highest BCUT2D eigenvalue weighted by Crippen LogP contribution is 2.44. The molecule has 1 atom stereocenters. The van der Waals surface area contributed by atoms with E-state index in [4.69, 9.17) is 9.84 Å². The van der Waals surface area contributed by atoms with E-state index in [1.54, 1.807) is 13.8 Å². The summed E-state index contributed by atoms with van der Waals surface area (Å²) < 4.78 is 5.58. The van der Waals surface area contributed by atoms with Crippen molar-refractivity contribution in [1.82, 2.24) is 10.6 Å². The molecule has 2 amide bonds. The second-order valence-corrected chi connectivity index (χ2v) is 9.92. The Labute approximate surface area is 200 Å². The molecular formula is C27H34N2O5. The molecule has 3 rings (SSSR count). The van der Waals surface area contributed by atoms with Crippen LogP contribution >= 0.6 is 0 Å². The van der Waals surface area contributed by atoms with Crippen LogP contribution in [0.5, 0.6) is 0 Å². The number of ether oxygens (including phenoxy) is 1. The van der Waals surface area contributed by atoms with Crippen molar-refractivity contribution < 1.29 is 24.2 Å². The van der Waals surface area contributed by atoms with Gasteiger partial charge in [-0.15, -0.1) is 0 Å². The zero-order chi connectivity index (χ0) is 24.9. The third-order valence-electron chi connectivity index (χ3n) is 6.31. The molecule has 0 fully saturated rings. The number of carboxylic acids is 1. The standard InChI is InChI=1S/C27H34N2O5/c1-17(2)18(13-24(30)29-27(3,4)14-25(31)32)15-28-26(33)34-16-23-21-11-7-5-9-19(21)20-10-6-8-12-22(20)23/h5-12,17-18,23H,13-16H2,1-4H3,(H,28,33)(H,29,30)(H,31,32). The number of hydrogen-bond acceptors (Lipinski definition) is 4. The van der Waals surface area contributed by atoms with Crippen LogP contribution in [-0.4, -0.2) is 41.8 Å². The monoisotopic (exact) mass is 466 g/mol. The number of rotatable bonds is 10. The summed E-state index contributed by atoms with van der Waals surface area (Å²) in [5.74, 6) is -1.19. The zero-order valence-electron chi connectivity index (χ0n) is 20.3. The van der Waals surface area contributed by atoms with E-state index in [0.29, 0.717) is 6.54 Å². The van der Waals surface area contributed by atoms with Crippen LogP contribution in [0.1, 0.15) is 57.6 Å². The quantitative estimate of drug-likeness (QED) is 0.476. The lowest BCUT2D eigenvalue weighted by molar-refractivity contribution is -0.138. The molecule has 7 heteroatoms. The Balaban J connectivity index is 1.53. The minimum atomic E-state index is -0.970. The third kappa shape index (κ3) is 6.37. The summed E-state index contributed by atoms with van der Waals surface area (Å²) in [4.78, 5) is 36.0. The summed E-state index contributed by atoms with van der Waals surface area (Å²) in [5, 5.41) is 14.6. The van der Waals surface area contributed by atoms with Crippen LogP contribution in [0.4, 0.5) is 4.79 Å². The fourth-order valence-corrected chi connectivity index (χ4v) is 4.50. The van der Waals surface area contributed by atoms with Crippen LogP contribution in [-0.2, 0) is 14.3 Å². The number of nitrogens with one attached hydrogen (secondary N) is 2.